The van der Waals surface area contributed by atoms with E-state index >= 15 is 0 Å². The molecule has 0 aliphatic heterocycles. The number of thiophene rings is 1. The summed E-state index contributed by atoms with van der Waals surface area (Å²) in [5, 5.41) is 9.09. The molecule has 3 nitrogen and oxygen atoms in total. The summed E-state index contributed by atoms with van der Waals surface area (Å²) >= 11 is 7.13. The SMILES string of the molecule is CN(C)CCC(C(=O)O)c1ccc(Cl)s1. The Bertz CT molecular complexity index is 338. The molecule has 0 aliphatic rings. The van der Waals surface area contributed by atoms with Gasteiger partial charge >= 0.3 is 5.97 Å². The van der Waals surface area contributed by atoms with Gasteiger partial charge in [0.1, 0.15) is 0 Å². The first kappa shape index (κ1) is 12.5. The van der Waals surface area contributed by atoms with Crippen LogP contribution in [-0.2, 0) is 4.79 Å². The van der Waals surface area contributed by atoms with Crippen molar-refractivity contribution in [3.63, 3.8) is 0 Å². The normalized spacial score (nSPS) is 13.1. The minimum atomic E-state index is -0.782. The summed E-state index contributed by atoms with van der Waals surface area (Å²) in [5.41, 5.74) is 0. The Morgan fingerprint density at radius 1 is 1.60 bits per heavy atom. The van der Waals surface area contributed by atoms with E-state index in [4.69, 9.17) is 16.7 Å². The maximum atomic E-state index is 11.1. The number of aliphatic carboxylic acids is 1. The van der Waals surface area contributed by atoms with Crippen molar-refractivity contribution < 1.29 is 9.90 Å². The van der Waals surface area contributed by atoms with Gasteiger partial charge in [-0.25, -0.2) is 0 Å². The lowest BCUT2D eigenvalue weighted by Crippen LogP contribution is -2.19. The van der Waals surface area contributed by atoms with Crippen molar-refractivity contribution in [1.29, 1.82) is 0 Å². The molecule has 0 fully saturated rings. The molecule has 0 radical (unpaired) electrons. The number of carboxylic acids is 1. The van der Waals surface area contributed by atoms with Crippen molar-refractivity contribution in [3.8, 4) is 0 Å². The molecular formula is C10H14ClNO2S. The van der Waals surface area contributed by atoms with Gasteiger partial charge in [-0.3, -0.25) is 4.79 Å². The number of halogens is 1. The van der Waals surface area contributed by atoms with Gasteiger partial charge < -0.3 is 10.0 Å². The van der Waals surface area contributed by atoms with Crippen LogP contribution in [0.1, 0.15) is 17.2 Å². The Balaban J connectivity index is 2.70. The Hall–Kier alpha value is -0.580. The molecule has 0 aliphatic carbocycles. The fraction of sp³-hybridized carbons (Fsp3) is 0.500. The van der Waals surface area contributed by atoms with Gasteiger partial charge in [0.15, 0.2) is 0 Å². The molecule has 0 aromatic carbocycles. The molecular weight excluding hydrogens is 234 g/mol. The average Bonchev–Trinajstić information content (AvgIpc) is 2.51. The third-order valence-electron chi connectivity index (χ3n) is 2.10. The van der Waals surface area contributed by atoms with E-state index in [1.165, 1.54) is 11.3 Å². The second kappa shape index (κ2) is 5.49. The lowest BCUT2D eigenvalue weighted by molar-refractivity contribution is -0.138. The van der Waals surface area contributed by atoms with Crippen LogP contribution in [0.25, 0.3) is 0 Å². The van der Waals surface area contributed by atoms with Gasteiger partial charge in [-0.15, -0.1) is 11.3 Å². The molecule has 5 heteroatoms. The van der Waals surface area contributed by atoms with E-state index in [1.807, 2.05) is 19.0 Å². The van der Waals surface area contributed by atoms with Crippen molar-refractivity contribution in [2.75, 3.05) is 20.6 Å². The molecule has 1 heterocycles. The van der Waals surface area contributed by atoms with Crippen molar-refractivity contribution in [3.05, 3.63) is 21.3 Å². The molecule has 1 atom stereocenters. The van der Waals surface area contributed by atoms with Gasteiger partial charge in [-0.05, 0) is 39.2 Å². The summed E-state index contributed by atoms with van der Waals surface area (Å²) in [6.07, 6.45) is 0.610. The third kappa shape index (κ3) is 3.81. The van der Waals surface area contributed by atoms with E-state index < -0.39 is 11.9 Å². The quantitative estimate of drug-likeness (QED) is 0.869. The van der Waals surface area contributed by atoms with Crippen LogP contribution in [0.3, 0.4) is 0 Å². The summed E-state index contributed by atoms with van der Waals surface area (Å²) < 4.78 is 0.640. The molecule has 1 N–H and O–H groups in total. The highest BCUT2D eigenvalue weighted by Crippen LogP contribution is 2.30. The summed E-state index contributed by atoms with van der Waals surface area (Å²) in [4.78, 5) is 13.9. The van der Waals surface area contributed by atoms with E-state index in [9.17, 15) is 4.79 Å². The van der Waals surface area contributed by atoms with Crippen LogP contribution in [0.2, 0.25) is 4.34 Å². The molecule has 15 heavy (non-hydrogen) atoms. The lowest BCUT2D eigenvalue weighted by atomic mass is 10.0. The maximum Gasteiger partial charge on any atom is 0.311 e. The van der Waals surface area contributed by atoms with E-state index in [-0.39, 0.29) is 0 Å². The molecule has 0 amide bonds. The second-order valence-electron chi connectivity index (χ2n) is 3.62. The van der Waals surface area contributed by atoms with E-state index in [0.717, 1.165) is 11.4 Å². The fourth-order valence-corrected chi connectivity index (χ4v) is 2.48. The molecule has 0 saturated heterocycles. The third-order valence-corrected chi connectivity index (χ3v) is 3.45. The smallest absolute Gasteiger partial charge is 0.311 e. The first-order valence-electron chi connectivity index (χ1n) is 4.63. The zero-order valence-electron chi connectivity index (χ0n) is 8.74. The Kier molecular flexibility index (Phi) is 4.57. The molecule has 1 unspecified atom stereocenters. The largest absolute Gasteiger partial charge is 0.481 e. The first-order valence-corrected chi connectivity index (χ1v) is 5.83. The van der Waals surface area contributed by atoms with Crippen molar-refractivity contribution in [1.82, 2.24) is 4.90 Å². The molecule has 0 saturated carbocycles. The fourth-order valence-electron chi connectivity index (χ4n) is 1.29. The minimum absolute atomic E-state index is 0.440. The van der Waals surface area contributed by atoms with Gasteiger partial charge in [0.25, 0.3) is 0 Å². The number of nitrogens with zero attached hydrogens (tertiary/aromatic N) is 1. The zero-order chi connectivity index (χ0) is 11.4. The summed E-state index contributed by atoms with van der Waals surface area (Å²) in [5.74, 6) is -1.22. The highest BCUT2D eigenvalue weighted by atomic mass is 35.5. The van der Waals surface area contributed by atoms with Crippen molar-refractivity contribution in [2.45, 2.75) is 12.3 Å². The minimum Gasteiger partial charge on any atom is -0.481 e. The number of rotatable bonds is 5. The summed E-state index contributed by atoms with van der Waals surface area (Å²) in [6, 6.07) is 3.54. The number of hydrogen-bond acceptors (Lipinski definition) is 3. The van der Waals surface area contributed by atoms with E-state index in [2.05, 4.69) is 0 Å². The van der Waals surface area contributed by atoms with Crippen LogP contribution in [0.4, 0.5) is 0 Å². The predicted molar refractivity (Wildman–Crippen MR) is 62.9 cm³/mol. The number of hydrogen-bond donors (Lipinski definition) is 1. The highest BCUT2D eigenvalue weighted by Gasteiger charge is 2.21. The van der Waals surface area contributed by atoms with Gasteiger partial charge in [-0.2, -0.15) is 0 Å². The molecule has 1 rings (SSSR count). The molecule has 1 aromatic rings. The second-order valence-corrected chi connectivity index (χ2v) is 5.37. The van der Waals surface area contributed by atoms with Gasteiger partial charge in [0, 0.05) is 4.88 Å². The Labute approximate surface area is 98.3 Å². The molecule has 0 spiro atoms. The molecule has 0 bridgehead atoms. The molecule has 1 aromatic heterocycles. The summed E-state index contributed by atoms with van der Waals surface area (Å²) in [7, 11) is 3.86. The standard InChI is InChI=1S/C10H14ClNO2S/c1-12(2)6-5-7(10(13)14)8-3-4-9(11)15-8/h3-4,7H,5-6H2,1-2H3,(H,13,14). The zero-order valence-corrected chi connectivity index (χ0v) is 10.3. The summed E-state index contributed by atoms with van der Waals surface area (Å²) in [6.45, 7) is 0.756. The highest BCUT2D eigenvalue weighted by molar-refractivity contribution is 7.16. The van der Waals surface area contributed by atoms with Crippen LogP contribution in [0.5, 0.6) is 0 Å². The Morgan fingerprint density at radius 2 is 2.27 bits per heavy atom. The van der Waals surface area contributed by atoms with Crippen molar-refractivity contribution >= 4 is 28.9 Å². The molecule has 84 valence electrons. The Morgan fingerprint density at radius 3 is 2.67 bits per heavy atom. The van der Waals surface area contributed by atoms with Crippen LogP contribution in [0, 0.1) is 0 Å². The van der Waals surface area contributed by atoms with Gasteiger partial charge in [0.05, 0.1) is 10.3 Å². The van der Waals surface area contributed by atoms with Crippen LogP contribution in [-0.4, -0.2) is 36.6 Å². The topological polar surface area (TPSA) is 40.5 Å². The van der Waals surface area contributed by atoms with Gasteiger partial charge in [-0.1, -0.05) is 11.6 Å². The van der Waals surface area contributed by atoms with E-state index in [0.29, 0.717) is 10.8 Å². The average molecular weight is 248 g/mol. The predicted octanol–water partition coefficient (Wildman–Crippen LogP) is 2.52. The van der Waals surface area contributed by atoms with Crippen LogP contribution in [0.15, 0.2) is 12.1 Å². The first-order chi connectivity index (χ1) is 7.00. The van der Waals surface area contributed by atoms with Crippen LogP contribution >= 0.6 is 22.9 Å². The van der Waals surface area contributed by atoms with Gasteiger partial charge in [0.2, 0.25) is 0 Å². The number of carbonyl (C=O) groups is 1. The number of carboxylic acid groups (broad SMARTS) is 1. The monoisotopic (exact) mass is 247 g/mol. The lowest BCUT2D eigenvalue weighted by Gasteiger charge is -2.14. The maximum absolute atomic E-state index is 11.1. The van der Waals surface area contributed by atoms with Crippen molar-refractivity contribution in [2.24, 2.45) is 0 Å². The van der Waals surface area contributed by atoms with Crippen LogP contribution < -0.4 is 0 Å². The van der Waals surface area contributed by atoms with E-state index in [1.54, 1.807) is 12.1 Å².